The highest BCUT2D eigenvalue weighted by Crippen LogP contribution is 2.17. The SMILES string of the molecule is CC(=CCCC(C)=CCCNC1CCCCC1)CO. The van der Waals surface area contributed by atoms with Crippen LogP contribution in [0, 0.1) is 0 Å². The second kappa shape index (κ2) is 10.2. The zero-order valence-corrected chi connectivity index (χ0v) is 12.8. The third-order valence-electron chi connectivity index (χ3n) is 3.96. The zero-order chi connectivity index (χ0) is 13.9. The first-order chi connectivity index (χ1) is 9.22. The Morgan fingerprint density at radius 2 is 1.74 bits per heavy atom. The number of aliphatic hydroxyl groups is 1. The van der Waals surface area contributed by atoms with Crippen molar-refractivity contribution >= 4 is 0 Å². The van der Waals surface area contributed by atoms with Gasteiger partial charge in [0, 0.05) is 6.04 Å². The number of aliphatic hydroxyl groups excluding tert-OH is 1. The van der Waals surface area contributed by atoms with Gasteiger partial charge in [-0.3, -0.25) is 0 Å². The van der Waals surface area contributed by atoms with Crippen molar-refractivity contribution in [1.29, 1.82) is 0 Å². The summed E-state index contributed by atoms with van der Waals surface area (Å²) in [7, 11) is 0. The molecule has 0 spiro atoms. The normalized spacial score (nSPS) is 18.9. The number of nitrogens with one attached hydrogen (secondary N) is 1. The molecule has 0 aliphatic heterocycles. The fourth-order valence-corrected chi connectivity index (χ4v) is 2.63. The average Bonchev–Trinajstić information content (AvgIpc) is 2.44. The van der Waals surface area contributed by atoms with E-state index in [9.17, 15) is 0 Å². The fourth-order valence-electron chi connectivity index (χ4n) is 2.63. The van der Waals surface area contributed by atoms with Crippen molar-refractivity contribution in [2.45, 2.75) is 71.3 Å². The van der Waals surface area contributed by atoms with Gasteiger partial charge in [0.2, 0.25) is 0 Å². The molecule has 19 heavy (non-hydrogen) atoms. The van der Waals surface area contributed by atoms with Crippen molar-refractivity contribution in [1.82, 2.24) is 5.32 Å². The molecule has 2 N–H and O–H groups in total. The van der Waals surface area contributed by atoms with Gasteiger partial charge in [-0.15, -0.1) is 0 Å². The summed E-state index contributed by atoms with van der Waals surface area (Å²) >= 11 is 0. The van der Waals surface area contributed by atoms with Crippen LogP contribution in [0.25, 0.3) is 0 Å². The minimum Gasteiger partial charge on any atom is -0.392 e. The Hall–Kier alpha value is -0.600. The minimum absolute atomic E-state index is 0.189. The molecule has 0 saturated heterocycles. The van der Waals surface area contributed by atoms with Crippen LogP contribution in [0.5, 0.6) is 0 Å². The highest BCUT2D eigenvalue weighted by atomic mass is 16.3. The molecule has 1 fully saturated rings. The van der Waals surface area contributed by atoms with Gasteiger partial charge in [-0.2, -0.15) is 0 Å². The molecular formula is C17H31NO. The lowest BCUT2D eigenvalue weighted by molar-refractivity contribution is 0.331. The van der Waals surface area contributed by atoms with Gasteiger partial charge < -0.3 is 10.4 Å². The Morgan fingerprint density at radius 1 is 1.05 bits per heavy atom. The lowest BCUT2D eigenvalue weighted by Gasteiger charge is -2.22. The molecule has 110 valence electrons. The summed E-state index contributed by atoms with van der Waals surface area (Å²) in [5.41, 5.74) is 2.54. The van der Waals surface area contributed by atoms with E-state index in [2.05, 4.69) is 24.4 Å². The second-order valence-electron chi connectivity index (χ2n) is 5.88. The highest BCUT2D eigenvalue weighted by molar-refractivity contribution is 5.03. The van der Waals surface area contributed by atoms with Crippen LogP contribution in [0.1, 0.15) is 65.2 Å². The predicted molar refractivity (Wildman–Crippen MR) is 83.3 cm³/mol. The van der Waals surface area contributed by atoms with Gasteiger partial charge in [0.1, 0.15) is 0 Å². The fraction of sp³-hybridized carbons (Fsp3) is 0.765. The van der Waals surface area contributed by atoms with E-state index in [4.69, 9.17) is 5.11 Å². The van der Waals surface area contributed by atoms with Crippen LogP contribution >= 0.6 is 0 Å². The largest absolute Gasteiger partial charge is 0.392 e. The van der Waals surface area contributed by atoms with E-state index < -0.39 is 0 Å². The Kier molecular flexibility index (Phi) is 8.85. The van der Waals surface area contributed by atoms with Crippen molar-refractivity contribution in [3.63, 3.8) is 0 Å². The van der Waals surface area contributed by atoms with E-state index >= 15 is 0 Å². The molecule has 0 unspecified atom stereocenters. The van der Waals surface area contributed by atoms with Gasteiger partial charge in [0.15, 0.2) is 0 Å². The minimum atomic E-state index is 0.189. The van der Waals surface area contributed by atoms with E-state index in [1.807, 2.05) is 6.92 Å². The lowest BCUT2D eigenvalue weighted by Crippen LogP contribution is -2.31. The molecule has 0 radical (unpaired) electrons. The monoisotopic (exact) mass is 265 g/mol. The van der Waals surface area contributed by atoms with E-state index in [1.165, 1.54) is 37.7 Å². The Bertz CT molecular complexity index is 288. The van der Waals surface area contributed by atoms with Crippen LogP contribution in [0.4, 0.5) is 0 Å². The first-order valence-corrected chi connectivity index (χ1v) is 7.88. The third-order valence-corrected chi connectivity index (χ3v) is 3.96. The third kappa shape index (κ3) is 8.22. The molecule has 0 heterocycles. The molecule has 1 saturated carbocycles. The molecule has 1 aliphatic rings. The summed E-state index contributed by atoms with van der Waals surface area (Å²) in [5.74, 6) is 0. The average molecular weight is 265 g/mol. The standard InChI is InChI=1S/C17H31NO/c1-15(8-6-9-16(2)14-19)10-7-13-18-17-11-4-3-5-12-17/h9-10,17-19H,3-8,11-14H2,1-2H3. The van der Waals surface area contributed by atoms with E-state index in [1.54, 1.807) is 0 Å². The molecule has 2 heteroatoms. The summed E-state index contributed by atoms with van der Waals surface area (Å²) in [6, 6.07) is 0.776. The Labute approximate surface area is 119 Å². The van der Waals surface area contributed by atoms with Crippen molar-refractivity contribution < 1.29 is 5.11 Å². The van der Waals surface area contributed by atoms with Gasteiger partial charge in [-0.1, -0.05) is 42.6 Å². The lowest BCUT2D eigenvalue weighted by atomic mass is 9.95. The molecule has 2 nitrogen and oxygen atoms in total. The van der Waals surface area contributed by atoms with E-state index in [-0.39, 0.29) is 6.61 Å². The van der Waals surface area contributed by atoms with Crippen molar-refractivity contribution in [3.8, 4) is 0 Å². The van der Waals surface area contributed by atoms with Crippen LogP contribution in [0.15, 0.2) is 23.3 Å². The predicted octanol–water partition coefficient (Wildman–Crippen LogP) is 3.96. The maximum atomic E-state index is 8.91. The van der Waals surface area contributed by atoms with Crippen LogP contribution in [-0.2, 0) is 0 Å². The second-order valence-corrected chi connectivity index (χ2v) is 5.88. The molecule has 1 aliphatic carbocycles. The quantitative estimate of drug-likeness (QED) is 0.514. The van der Waals surface area contributed by atoms with E-state index in [0.29, 0.717) is 0 Å². The van der Waals surface area contributed by atoms with Gasteiger partial charge >= 0.3 is 0 Å². The summed E-state index contributed by atoms with van der Waals surface area (Å²) in [4.78, 5) is 0. The van der Waals surface area contributed by atoms with Gasteiger partial charge in [-0.25, -0.2) is 0 Å². The topological polar surface area (TPSA) is 32.3 Å². The molecular weight excluding hydrogens is 234 g/mol. The number of hydrogen-bond acceptors (Lipinski definition) is 2. The first-order valence-electron chi connectivity index (χ1n) is 7.88. The summed E-state index contributed by atoms with van der Waals surface area (Å²) < 4.78 is 0. The summed E-state index contributed by atoms with van der Waals surface area (Å²) in [6.45, 7) is 5.50. The van der Waals surface area contributed by atoms with Crippen LogP contribution in [-0.4, -0.2) is 24.3 Å². The smallest absolute Gasteiger partial charge is 0.0639 e. The molecule has 0 aromatic rings. The van der Waals surface area contributed by atoms with Crippen molar-refractivity contribution in [2.75, 3.05) is 13.2 Å². The molecule has 0 atom stereocenters. The van der Waals surface area contributed by atoms with Crippen LogP contribution in [0.3, 0.4) is 0 Å². The number of allylic oxidation sites excluding steroid dienone is 2. The van der Waals surface area contributed by atoms with Gasteiger partial charge in [0.25, 0.3) is 0 Å². The maximum absolute atomic E-state index is 8.91. The maximum Gasteiger partial charge on any atom is 0.0639 e. The molecule has 1 rings (SSSR count). The molecule has 0 bridgehead atoms. The Morgan fingerprint density at radius 3 is 2.42 bits per heavy atom. The van der Waals surface area contributed by atoms with Crippen LogP contribution < -0.4 is 5.32 Å². The van der Waals surface area contributed by atoms with Crippen LogP contribution in [0.2, 0.25) is 0 Å². The van der Waals surface area contributed by atoms with Crippen molar-refractivity contribution in [3.05, 3.63) is 23.3 Å². The summed E-state index contributed by atoms with van der Waals surface area (Å²) in [6.07, 6.45) is 14.8. The molecule has 0 amide bonds. The van der Waals surface area contributed by atoms with Gasteiger partial charge in [-0.05, 0) is 52.5 Å². The highest BCUT2D eigenvalue weighted by Gasteiger charge is 2.11. The number of rotatable bonds is 8. The molecule has 0 aromatic heterocycles. The zero-order valence-electron chi connectivity index (χ0n) is 12.8. The Balaban J connectivity index is 2.07. The van der Waals surface area contributed by atoms with Crippen molar-refractivity contribution in [2.24, 2.45) is 0 Å². The van der Waals surface area contributed by atoms with Gasteiger partial charge in [0.05, 0.1) is 6.61 Å². The number of hydrogen-bond donors (Lipinski definition) is 2. The summed E-state index contributed by atoms with van der Waals surface area (Å²) in [5, 5.41) is 12.6. The van der Waals surface area contributed by atoms with E-state index in [0.717, 1.165) is 37.4 Å². The first kappa shape index (κ1) is 16.5. The molecule has 0 aromatic carbocycles.